The van der Waals surface area contributed by atoms with E-state index in [4.69, 9.17) is 4.74 Å². The van der Waals surface area contributed by atoms with Crippen LogP contribution in [0.3, 0.4) is 0 Å². The first kappa shape index (κ1) is 36.9. The number of nitrogens with one attached hydrogen (secondary N) is 1. The lowest BCUT2D eigenvalue weighted by atomic mass is 9.98. The fraction of sp³-hybridized carbons (Fsp3) is 0.316. The molecule has 0 fully saturated rings. The predicted molar refractivity (Wildman–Crippen MR) is 185 cm³/mol. The number of hydrogen-bond donors (Lipinski definition) is 2. The normalized spacial score (nSPS) is 17.1. The fourth-order valence-corrected chi connectivity index (χ4v) is 6.65. The Hall–Kier alpha value is -4.39. The van der Waals surface area contributed by atoms with Crippen LogP contribution in [-0.4, -0.2) is 65.6 Å². The lowest BCUT2D eigenvalue weighted by molar-refractivity contribution is -0.140. The summed E-state index contributed by atoms with van der Waals surface area (Å²) in [6.07, 6.45) is -5.72. The number of carbonyl (C=O) groups is 2. The minimum Gasteiger partial charge on any atom is -0.486 e. The molecule has 1 aliphatic heterocycles. The van der Waals surface area contributed by atoms with Crippen LogP contribution in [0, 0.1) is 11.7 Å². The van der Waals surface area contributed by atoms with E-state index < -0.39 is 42.0 Å². The highest BCUT2D eigenvalue weighted by Gasteiger charge is 2.36. The van der Waals surface area contributed by atoms with E-state index in [-0.39, 0.29) is 41.0 Å². The summed E-state index contributed by atoms with van der Waals surface area (Å²) in [5.41, 5.74) is 0.116. The Morgan fingerprint density at radius 3 is 2.36 bits per heavy atom. The number of para-hydroxylation sites is 1. The molecule has 5 rings (SSSR count). The third-order valence-electron chi connectivity index (χ3n) is 8.52. The van der Waals surface area contributed by atoms with Crippen LogP contribution in [0.1, 0.15) is 40.9 Å². The summed E-state index contributed by atoms with van der Waals surface area (Å²) in [5.74, 6) is -2.53. The van der Waals surface area contributed by atoms with Gasteiger partial charge in [-0.05, 0) is 73.6 Å². The van der Waals surface area contributed by atoms with E-state index in [9.17, 15) is 32.3 Å². The van der Waals surface area contributed by atoms with Gasteiger partial charge >= 0.3 is 6.18 Å². The first-order valence-electron chi connectivity index (χ1n) is 16.2. The SMILES string of the molecule is C[C@@H]1CN([C@@H](C)CO)C(=O)c2cccc(NC(=O)Cc3ccc(C(F)(F)F)c(F)c3)c2O[C@@H]1CN(C)Cc1ccc(Sc2ccccc2)cc1. The Labute approximate surface area is 293 Å². The van der Waals surface area contributed by atoms with E-state index in [0.717, 1.165) is 21.4 Å². The van der Waals surface area contributed by atoms with E-state index >= 15 is 0 Å². The standard InChI is InChI=1S/C38H39F4N3O4S/c1-24-20-45(25(2)23-46)37(48)30-10-7-11-33(43-35(47)19-27-14-17-31(32(39)18-27)38(40,41)42)36(30)49-34(24)22-44(3)21-26-12-15-29(16-13-26)50-28-8-5-4-6-9-28/h4-18,24-25,34,46H,19-23H2,1-3H3,(H,43,47)/t24-,25+,34-/m1/s1. The van der Waals surface area contributed by atoms with Crippen molar-refractivity contribution in [3.63, 3.8) is 0 Å². The maximum absolute atomic E-state index is 14.2. The summed E-state index contributed by atoms with van der Waals surface area (Å²) in [5, 5.41) is 12.7. The number of nitrogens with zero attached hydrogens (tertiary/aromatic N) is 2. The second-order valence-electron chi connectivity index (χ2n) is 12.6. The van der Waals surface area contributed by atoms with E-state index in [0.29, 0.717) is 31.8 Å². The molecule has 0 aromatic heterocycles. The first-order valence-corrected chi connectivity index (χ1v) is 17.0. The summed E-state index contributed by atoms with van der Waals surface area (Å²) in [7, 11) is 1.97. The van der Waals surface area contributed by atoms with E-state index in [1.54, 1.807) is 41.8 Å². The van der Waals surface area contributed by atoms with Crippen LogP contribution >= 0.6 is 11.8 Å². The number of aliphatic hydroxyl groups excluding tert-OH is 1. The molecule has 7 nitrogen and oxygen atoms in total. The van der Waals surface area contributed by atoms with Crippen LogP contribution in [0.4, 0.5) is 23.2 Å². The summed E-state index contributed by atoms with van der Waals surface area (Å²) < 4.78 is 59.9. The Morgan fingerprint density at radius 2 is 1.70 bits per heavy atom. The van der Waals surface area contributed by atoms with Crippen LogP contribution in [-0.2, 0) is 23.9 Å². The number of anilines is 1. The molecule has 0 bridgehead atoms. The Balaban J connectivity index is 1.35. The second-order valence-corrected chi connectivity index (χ2v) is 13.7. The van der Waals surface area contributed by atoms with Gasteiger partial charge in [-0.2, -0.15) is 13.2 Å². The summed E-state index contributed by atoms with van der Waals surface area (Å²) >= 11 is 1.68. The van der Waals surface area contributed by atoms with Gasteiger partial charge in [0.2, 0.25) is 5.91 Å². The lowest BCUT2D eigenvalue weighted by Gasteiger charge is -2.38. The molecule has 1 aliphatic rings. The number of halogens is 4. The Bertz CT molecular complexity index is 1790. The molecule has 0 saturated heterocycles. The number of benzene rings is 4. The van der Waals surface area contributed by atoms with Gasteiger partial charge in [0.15, 0.2) is 5.75 Å². The first-order chi connectivity index (χ1) is 23.8. The van der Waals surface area contributed by atoms with Crippen molar-refractivity contribution >= 4 is 29.3 Å². The van der Waals surface area contributed by atoms with E-state index in [2.05, 4.69) is 46.6 Å². The molecule has 0 radical (unpaired) electrons. The zero-order valence-corrected chi connectivity index (χ0v) is 28.7. The average Bonchev–Trinajstić information content (AvgIpc) is 3.07. The van der Waals surface area contributed by atoms with E-state index in [1.165, 1.54) is 0 Å². The predicted octanol–water partition coefficient (Wildman–Crippen LogP) is 7.53. The highest BCUT2D eigenvalue weighted by molar-refractivity contribution is 7.99. The molecule has 1 heterocycles. The second kappa shape index (κ2) is 16.1. The fourth-order valence-electron chi connectivity index (χ4n) is 5.81. The summed E-state index contributed by atoms with van der Waals surface area (Å²) in [6.45, 7) is 4.86. The van der Waals surface area contributed by atoms with Gasteiger partial charge in [0.1, 0.15) is 11.9 Å². The molecule has 4 aromatic rings. The van der Waals surface area contributed by atoms with Crippen molar-refractivity contribution < 1.29 is 37.0 Å². The number of ether oxygens (including phenoxy) is 1. The smallest absolute Gasteiger partial charge is 0.419 e. The number of aliphatic hydroxyl groups is 1. The van der Waals surface area contributed by atoms with Crippen molar-refractivity contribution in [2.75, 3.05) is 32.1 Å². The molecular weight excluding hydrogens is 670 g/mol. The lowest BCUT2D eigenvalue weighted by Crippen LogP contribution is -2.49. The average molecular weight is 710 g/mol. The molecule has 4 aromatic carbocycles. The topological polar surface area (TPSA) is 82.1 Å². The van der Waals surface area contributed by atoms with Crippen LogP contribution < -0.4 is 10.1 Å². The number of likely N-dealkylation sites (N-methyl/N-ethyl adjacent to an activating group) is 1. The molecule has 50 heavy (non-hydrogen) atoms. The largest absolute Gasteiger partial charge is 0.486 e. The van der Waals surface area contributed by atoms with Crippen LogP contribution in [0.25, 0.3) is 0 Å². The Kier molecular flexibility index (Phi) is 11.9. The minimum atomic E-state index is -4.86. The van der Waals surface area contributed by atoms with Gasteiger partial charge in [-0.15, -0.1) is 0 Å². The molecule has 0 saturated carbocycles. The quantitative estimate of drug-likeness (QED) is 0.157. The monoisotopic (exact) mass is 709 g/mol. The van der Waals surface area contributed by atoms with Gasteiger partial charge in [-0.1, -0.05) is 61.2 Å². The van der Waals surface area contributed by atoms with Gasteiger partial charge in [-0.3, -0.25) is 14.5 Å². The third kappa shape index (κ3) is 9.23. The molecule has 2 N–H and O–H groups in total. The van der Waals surface area contributed by atoms with Crippen molar-refractivity contribution in [3.8, 4) is 5.75 Å². The maximum Gasteiger partial charge on any atom is 0.419 e. The van der Waals surface area contributed by atoms with E-state index in [1.807, 2.05) is 32.2 Å². The minimum absolute atomic E-state index is 0.0478. The number of amides is 2. The summed E-state index contributed by atoms with van der Waals surface area (Å²) in [6, 6.07) is 25.0. The van der Waals surface area contributed by atoms with Crippen LogP contribution in [0.2, 0.25) is 0 Å². The zero-order valence-electron chi connectivity index (χ0n) is 27.9. The molecule has 12 heteroatoms. The molecule has 0 unspecified atom stereocenters. The molecule has 0 spiro atoms. The molecular formula is C38H39F4N3O4S. The molecule has 3 atom stereocenters. The van der Waals surface area contributed by atoms with Crippen molar-refractivity contribution in [1.82, 2.24) is 9.80 Å². The van der Waals surface area contributed by atoms with Crippen LogP contribution in [0.5, 0.6) is 5.75 Å². The maximum atomic E-state index is 14.2. The molecule has 0 aliphatic carbocycles. The zero-order chi connectivity index (χ0) is 36.0. The van der Waals surface area contributed by atoms with Gasteiger partial charge in [0.25, 0.3) is 5.91 Å². The molecule has 264 valence electrons. The number of hydrogen-bond acceptors (Lipinski definition) is 6. The number of alkyl halides is 3. The Morgan fingerprint density at radius 1 is 1.02 bits per heavy atom. The summed E-state index contributed by atoms with van der Waals surface area (Å²) in [4.78, 5) is 32.9. The van der Waals surface area contributed by atoms with Crippen LogP contribution in [0.15, 0.2) is 101 Å². The third-order valence-corrected chi connectivity index (χ3v) is 9.53. The van der Waals surface area contributed by atoms with Crippen molar-refractivity contribution in [2.45, 2.75) is 54.9 Å². The van der Waals surface area contributed by atoms with Gasteiger partial charge < -0.3 is 20.1 Å². The van der Waals surface area contributed by atoms with Gasteiger partial charge in [-0.25, -0.2) is 4.39 Å². The van der Waals surface area contributed by atoms with Gasteiger partial charge in [0, 0.05) is 35.3 Å². The highest BCUT2D eigenvalue weighted by atomic mass is 32.2. The number of carbonyl (C=O) groups excluding carboxylic acids is 2. The number of rotatable bonds is 11. The number of fused-ring (bicyclic) bond motifs is 1. The van der Waals surface area contributed by atoms with Crippen molar-refractivity contribution in [3.05, 3.63) is 119 Å². The van der Waals surface area contributed by atoms with Gasteiger partial charge in [0.05, 0.1) is 35.9 Å². The highest BCUT2D eigenvalue weighted by Crippen LogP contribution is 2.36. The molecule has 2 amide bonds. The van der Waals surface area contributed by atoms with Crippen molar-refractivity contribution in [1.29, 1.82) is 0 Å². The van der Waals surface area contributed by atoms with Crippen molar-refractivity contribution in [2.24, 2.45) is 5.92 Å².